The van der Waals surface area contributed by atoms with E-state index in [4.69, 9.17) is 10.1 Å². The molecule has 1 heterocycles. The van der Waals surface area contributed by atoms with Crippen LogP contribution in [0.1, 0.15) is 36.1 Å². The number of carbonyl (C=O) groups excluding carboxylic acids is 1. The first kappa shape index (κ1) is 23.7. The standard InChI is InChI=1S/C19H18N.C5H8O2.Ir/c1-12-6-8-18-16(9-12)11-15(4)19(20-18)17-10-13(2)5-7-14(17)3;1-4(6)3-5(2)7;/h5-9,11H,1-4H3;3,6H,1-2H3;/q-1;;/b;4-3-;. The van der Waals surface area contributed by atoms with Gasteiger partial charge in [-0.3, -0.25) is 9.78 Å². The van der Waals surface area contributed by atoms with E-state index in [-0.39, 0.29) is 31.6 Å². The molecule has 2 aromatic carbocycles. The Morgan fingerprint density at radius 3 is 2.25 bits per heavy atom. The third-order valence-corrected chi connectivity index (χ3v) is 4.11. The predicted molar refractivity (Wildman–Crippen MR) is 112 cm³/mol. The van der Waals surface area contributed by atoms with Gasteiger partial charge in [0.05, 0.1) is 11.3 Å². The number of pyridine rings is 1. The molecule has 0 unspecified atom stereocenters. The SMILES string of the molecule is CC(=O)/C=C(/C)O.Cc1[c-]c(-c2nc3ccc(C)cc3cc2C)c(C)cc1.[Ir]. The van der Waals surface area contributed by atoms with Gasteiger partial charge in [-0.2, -0.15) is 0 Å². The van der Waals surface area contributed by atoms with Crippen LogP contribution in [-0.4, -0.2) is 15.9 Å². The monoisotopic (exact) mass is 553 g/mol. The summed E-state index contributed by atoms with van der Waals surface area (Å²) in [6.45, 7) is 11.3. The minimum atomic E-state index is -0.125. The Hall–Kier alpha value is -2.29. The molecule has 0 atom stereocenters. The minimum absolute atomic E-state index is 0. The molecule has 28 heavy (non-hydrogen) atoms. The first-order valence-electron chi connectivity index (χ1n) is 8.93. The minimum Gasteiger partial charge on any atom is -0.512 e. The Bertz CT molecular complexity index is 1020. The number of rotatable bonds is 2. The summed E-state index contributed by atoms with van der Waals surface area (Å²) in [7, 11) is 0. The maximum absolute atomic E-state index is 10.0. The van der Waals surface area contributed by atoms with E-state index in [0.717, 1.165) is 22.3 Å². The van der Waals surface area contributed by atoms with Crippen molar-refractivity contribution in [3.63, 3.8) is 0 Å². The number of aryl methyl sites for hydroxylation is 4. The van der Waals surface area contributed by atoms with E-state index in [2.05, 4.69) is 70.2 Å². The molecule has 0 bridgehead atoms. The number of carbonyl (C=O) groups is 1. The van der Waals surface area contributed by atoms with Crippen LogP contribution >= 0.6 is 0 Å². The Balaban J connectivity index is 0.000000425. The number of aliphatic hydroxyl groups excluding tert-OH is 1. The van der Waals surface area contributed by atoms with Crippen molar-refractivity contribution in [2.75, 3.05) is 0 Å². The molecule has 0 fully saturated rings. The molecule has 0 spiro atoms. The largest absolute Gasteiger partial charge is 0.512 e. The van der Waals surface area contributed by atoms with Gasteiger partial charge in [0.25, 0.3) is 0 Å². The molecule has 3 rings (SSSR count). The normalized spacial score (nSPS) is 10.7. The van der Waals surface area contributed by atoms with Crippen molar-refractivity contribution < 1.29 is 30.0 Å². The summed E-state index contributed by atoms with van der Waals surface area (Å²) in [6, 6.07) is 16.3. The van der Waals surface area contributed by atoms with Gasteiger partial charge in [0.15, 0.2) is 5.78 Å². The van der Waals surface area contributed by atoms with E-state index in [1.54, 1.807) is 0 Å². The van der Waals surface area contributed by atoms with Gasteiger partial charge >= 0.3 is 0 Å². The van der Waals surface area contributed by atoms with Crippen LogP contribution in [0.5, 0.6) is 0 Å². The summed E-state index contributed by atoms with van der Waals surface area (Å²) in [6.07, 6.45) is 1.17. The molecule has 0 saturated heterocycles. The molecule has 0 aliphatic rings. The first-order chi connectivity index (χ1) is 12.7. The van der Waals surface area contributed by atoms with Crippen molar-refractivity contribution in [1.82, 2.24) is 4.98 Å². The van der Waals surface area contributed by atoms with Gasteiger partial charge in [-0.25, -0.2) is 0 Å². The molecule has 1 aromatic heterocycles. The van der Waals surface area contributed by atoms with Crippen LogP contribution in [0.3, 0.4) is 0 Å². The molecule has 0 aliphatic carbocycles. The maximum Gasteiger partial charge on any atom is 0.155 e. The van der Waals surface area contributed by atoms with Crippen molar-refractivity contribution in [3.8, 4) is 11.3 Å². The number of aromatic nitrogens is 1. The van der Waals surface area contributed by atoms with E-state index in [1.807, 2.05) is 0 Å². The van der Waals surface area contributed by atoms with Gasteiger partial charge in [0.1, 0.15) is 0 Å². The van der Waals surface area contributed by atoms with Crippen LogP contribution in [0.2, 0.25) is 0 Å². The van der Waals surface area contributed by atoms with Crippen LogP contribution in [0.15, 0.2) is 48.2 Å². The molecular formula is C24H26IrNO2-. The first-order valence-corrected chi connectivity index (χ1v) is 8.93. The topological polar surface area (TPSA) is 50.2 Å². The van der Waals surface area contributed by atoms with Gasteiger partial charge in [-0.15, -0.1) is 34.9 Å². The second-order valence-electron chi connectivity index (χ2n) is 6.95. The van der Waals surface area contributed by atoms with Crippen LogP contribution in [0.4, 0.5) is 0 Å². The number of ketones is 1. The Labute approximate surface area is 180 Å². The second kappa shape index (κ2) is 10.3. The molecule has 0 amide bonds. The fourth-order valence-corrected chi connectivity index (χ4v) is 2.87. The zero-order valence-electron chi connectivity index (χ0n) is 17.2. The average molecular weight is 553 g/mol. The molecular weight excluding hydrogens is 526 g/mol. The van der Waals surface area contributed by atoms with Gasteiger partial charge in [-0.1, -0.05) is 37.1 Å². The number of fused-ring (bicyclic) bond motifs is 1. The zero-order chi connectivity index (χ0) is 20.1. The number of hydrogen-bond donors (Lipinski definition) is 1. The summed E-state index contributed by atoms with van der Waals surface area (Å²) < 4.78 is 0. The fourth-order valence-electron chi connectivity index (χ4n) is 2.87. The Morgan fingerprint density at radius 2 is 1.68 bits per heavy atom. The second-order valence-corrected chi connectivity index (χ2v) is 6.95. The average Bonchev–Trinajstić information content (AvgIpc) is 2.56. The van der Waals surface area contributed by atoms with Gasteiger partial charge in [-0.05, 0) is 50.9 Å². The molecule has 0 aliphatic heterocycles. The van der Waals surface area contributed by atoms with Gasteiger partial charge in [0.2, 0.25) is 0 Å². The summed E-state index contributed by atoms with van der Waals surface area (Å²) in [5, 5.41) is 9.57. The van der Waals surface area contributed by atoms with E-state index >= 15 is 0 Å². The number of hydrogen-bond acceptors (Lipinski definition) is 3. The van der Waals surface area contributed by atoms with Crippen LogP contribution in [0, 0.1) is 33.8 Å². The van der Waals surface area contributed by atoms with E-state index in [0.29, 0.717) is 0 Å². The molecule has 1 radical (unpaired) electrons. The number of allylic oxidation sites excluding steroid dienone is 2. The smallest absolute Gasteiger partial charge is 0.155 e. The third-order valence-electron chi connectivity index (χ3n) is 4.11. The summed E-state index contributed by atoms with van der Waals surface area (Å²) in [5.74, 6) is -0.0625. The number of benzene rings is 2. The fraction of sp³-hybridized carbons (Fsp3) is 0.250. The third kappa shape index (κ3) is 6.40. The quantitative estimate of drug-likeness (QED) is 0.242. The Morgan fingerprint density at radius 1 is 1.00 bits per heavy atom. The van der Waals surface area contributed by atoms with Gasteiger partial charge in [0, 0.05) is 26.2 Å². The number of nitrogens with zero attached hydrogens (tertiary/aromatic N) is 1. The van der Waals surface area contributed by atoms with E-state index in [9.17, 15) is 4.79 Å². The van der Waals surface area contributed by atoms with Crippen LogP contribution < -0.4 is 0 Å². The molecule has 3 nitrogen and oxygen atoms in total. The van der Waals surface area contributed by atoms with Gasteiger partial charge < -0.3 is 5.11 Å². The molecule has 0 saturated carbocycles. The van der Waals surface area contributed by atoms with E-state index in [1.165, 1.54) is 42.0 Å². The van der Waals surface area contributed by atoms with Crippen molar-refractivity contribution in [2.45, 2.75) is 41.5 Å². The predicted octanol–water partition coefficient (Wildman–Crippen LogP) is 5.97. The zero-order valence-corrected chi connectivity index (χ0v) is 19.6. The van der Waals surface area contributed by atoms with Crippen molar-refractivity contribution in [3.05, 3.63) is 76.6 Å². The maximum atomic E-state index is 10.0. The Kier molecular flexibility index (Phi) is 8.74. The van der Waals surface area contributed by atoms with E-state index < -0.39 is 0 Å². The summed E-state index contributed by atoms with van der Waals surface area (Å²) in [5.41, 5.74) is 8.05. The molecule has 1 N–H and O–H groups in total. The molecule has 149 valence electrons. The van der Waals surface area contributed by atoms with Crippen LogP contribution in [0.25, 0.3) is 22.2 Å². The van der Waals surface area contributed by atoms with Crippen molar-refractivity contribution in [1.29, 1.82) is 0 Å². The van der Waals surface area contributed by atoms with Crippen molar-refractivity contribution >= 4 is 16.7 Å². The molecule has 3 aromatic rings. The molecule has 4 heteroatoms. The number of aliphatic hydroxyl groups is 1. The summed E-state index contributed by atoms with van der Waals surface area (Å²) in [4.78, 5) is 14.9. The summed E-state index contributed by atoms with van der Waals surface area (Å²) >= 11 is 0. The van der Waals surface area contributed by atoms with Crippen molar-refractivity contribution in [2.24, 2.45) is 0 Å². The van der Waals surface area contributed by atoms with Crippen LogP contribution in [-0.2, 0) is 24.9 Å².